The van der Waals surface area contributed by atoms with Crippen molar-refractivity contribution in [2.45, 2.75) is 0 Å². The number of benzene rings is 1. The van der Waals surface area contributed by atoms with E-state index in [4.69, 9.17) is 10.5 Å². The Morgan fingerprint density at radius 2 is 2.25 bits per heavy atom. The maximum absolute atomic E-state index is 10.3. The van der Waals surface area contributed by atoms with Crippen LogP contribution in [0.15, 0.2) is 17.3 Å². The van der Waals surface area contributed by atoms with Crippen LogP contribution < -0.4 is 15.9 Å². The fourth-order valence-corrected chi connectivity index (χ4v) is 0.990. The molecule has 0 amide bonds. The van der Waals surface area contributed by atoms with E-state index >= 15 is 0 Å². The molecule has 12 heavy (non-hydrogen) atoms. The lowest BCUT2D eigenvalue weighted by atomic mass is 9.95. The predicted molar refractivity (Wildman–Crippen MR) is 51.0 cm³/mol. The van der Waals surface area contributed by atoms with Crippen LogP contribution in [0.5, 0.6) is 5.75 Å². The molecule has 0 bridgehead atoms. The number of nitrogens with two attached hydrogens (primary N) is 1. The van der Waals surface area contributed by atoms with Gasteiger partial charge in [-0.05, 0) is 17.3 Å². The second-order valence-electron chi connectivity index (χ2n) is 2.49. The third-order valence-electron chi connectivity index (χ3n) is 1.58. The van der Waals surface area contributed by atoms with Crippen molar-refractivity contribution in [3.8, 4) is 5.75 Å². The van der Waals surface area contributed by atoms with Gasteiger partial charge < -0.3 is 10.5 Å². The summed E-state index contributed by atoms with van der Waals surface area (Å²) in [4.78, 5) is 10.3. The normalized spacial score (nSPS) is 9.42. The Kier molecular flexibility index (Phi) is 2.33. The Morgan fingerprint density at radius 1 is 1.58 bits per heavy atom. The van der Waals surface area contributed by atoms with Crippen LogP contribution in [0.3, 0.4) is 0 Å². The Bertz CT molecular complexity index is 315. The number of ether oxygens (including phenoxy) is 1. The van der Waals surface area contributed by atoms with Crippen LogP contribution >= 0.6 is 0 Å². The molecule has 0 aliphatic carbocycles. The third-order valence-corrected chi connectivity index (χ3v) is 1.58. The molecule has 0 fully saturated rings. The highest BCUT2D eigenvalue weighted by Crippen LogP contribution is 2.29. The summed E-state index contributed by atoms with van der Waals surface area (Å²) in [5.41, 5.74) is 6.97. The average Bonchev–Trinajstić information content (AvgIpc) is 2.08. The van der Waals surface area contributed by atoms with Gasteiger partial charge in [-0.1, -0.05) is 5.46 Å². The first-order valence-electron chi connectivity index (χ1n) is 3.46. The van der Waals surface area contributed by atoms with Gasteiger partial charge in [0.25, 0.3) is 0 Å². The molecule has 0 aromatic heterocycles. The van der Waals surface area contributed by atoms with E-state index in [0.29, 0.717) is 5.75 Å². The Balaban J connectivity index is 3.31. The van der Waals surface area contributed by atoms with Crippen molar-refractivity contribution in [1.82, 2.24) is 0 Å². The van der Waals surface area contributed by atoms with Crippen LogP contribution in [0.25, 0.3) is 0 Å². The second-order valence-corrected chi connectivity index (χ2v) is 2.49. The van der Waals surface area contributed by atoms with Crippen molar-refractivity contribution in [3.05, 3.63) is 17.0 Å². The molecule has 0 aliphatic rings. The number of nitrogens with zero attached hydrogens (tertiary/aromatic N) is 1. The molecule has 1 aromatic rings. The van der Waals surface area contributed by atoms with E-state index in [9.17, 15) is 4.91 Å². The first kappa shape index (κ1) is 8.58. The van der Waals surface area contributed by atoms with Gasteiger partial charge >= 0.3 is 0 Å². The minimum atomic E-state index is 0.229. The molecule has 0 saturated carbocycles. The monoisotopic (exact) mass is 164 g/mol. The number of hydrogen-bond acceptors (Lipinski definition) is 4. The molecule has 1 rings (SSSR count). The quantitative estimate of drug-likeness (QED) is 0.378. The van der Waals surface area contributed by atoms with Crippen molar-refractivity contribution in [3.63, 3.8) is 0 Å². The maximum Gasteiger partial charge on any atom is 0.143 e. The fourth-order valence-electron chi connectivity index (χ4n) is 0.990. The Labute approximate surface area is 71.1 Å². The molecule has 0 atom stereocenters. The van der Waals surface area contributed by atoms with Crippen molar-refractivity contribution in [2.24, 2.45) is 5.18 Å². The van der Waals surface area contributed by atoms with E-state index in [-0.39, 0.29) is 11.4 Å². The van der Waals surface area contributed by atoms with Crippen LogP contribution in [0.1, 0.15) is 0 Å². The Morgan fingerprint density at radius 3 is 2.75 bits per heavy atom. The molecule has 0 aliphatic heterocycles. The molecular weight excluding hydrogens is 155 g/mol. The molecule has 5 heteroatoms. The van der Waals surface area contributed by atoms with Gasteiger partial charge in [-0.25, -0.2) is 0 Å². The lowest BCUT2D eigenvalue weighted by Crippen LogP contribution is -2.04. The number of rotatable bonds is 2. The molecule has 2 N–H and O–H groups in total. The van der Waals surface area contributed by atoms with Crippen LogP contribution in [-0.2, 0) is 0 Å². The number of nitrogen functional groups attached to an aromatic ring is 1. The van der Waals surface area contributed by atoms with E-state index in [0.717, 1.165) is 5.46 Å². The molecule has 0 heterocycles. The largest absolute Gasteiger partial charge is 0.495 e. The van der Waals surface area contributed by atoms with Gasteiger partial charge in [0.15, 0.2) is 0 Å². The summed E-state index contributed by atoms with van der Waals surface area (Å²) in [6.45, 7) is 0. The van der Waals surface area contributed by atoms with Crippen molar-refractivity contribution in [1.29, 1.82) is 0 Å². The molecule has 62 valence electrons. The highest BCUT2D eigenvalue weighted by atomic mass is 16.5. The van der Waals surface area contributed by atoms with Gasteiger partial charge in [0.05, 0.1) is 7.11 Å². The summed E-state index contributed by atoms with van der Waals surface area (Å²) in [5.74, 6) is 0.490. The van der Waals surface area contributed by atoms with Gasteiger partial charge in [0, 0.05) is 0 Å². The highest BCUT2D eigenvalue weighted by Gasteiger charge is 2.06. The van der Waals surface area contributed by atoms with Crippen LogP contribution in [0.4, 0.5) is 11.4 Å². The second kappa shape index (κ2) is 3.25. The zero-order valence-electron chi connectivity index (χ0n) is 7.00. The SMILES string of the molecule is Bc1cc(N=O)c(N)c(OC)c1. The minimum absolute atomic E-state index is 0.229. The van der Waals surface area contributed by atoms with Gasteiger partial charge in [-0.3, -0.25) is 0 Å². The lowest BCUT2D eigenvalue weighted by molar-refractivity contribution is 0.417. The standard InChI is InChI=1S/C7H9BN2O2/c1-12-6-3-4(8)2-5(10-11)7(6)9/h2-3H,8-9H2,1H3. The molecule has 4 nitrogen and oxygen atoms in total. The molecule has 0 radical (unpaired) electrons. The zero-order chi connectivity index (χ0) is 9.14. The van der Waals surface area contributed by atoms with Gasteiger partial charge in [-0.15, -0.1) is 4.91 Å². The summed E-state index contributed by atoms with van der Waals surface area (Å²) in [6.07, 6.45) is 0. The highest BCUT2D eigenvalue weighted by molar-refractivity contribution is 6.33. The van der Waals surface area contributed by atoms with Crippen molar-refractivity contribution >= 4 is 24.7 Å². The number of methoxy groups -OCH3 is 1. The van der Waals surface area contributed by atoms with Crippen molar-refractivity contribution < 1.29 is 4.74 Å². The summed E-state index contributed by atoms with van der Waals surface area (Å²) in [6, 6.07) is 3.37. The summed E-state index contributed by atoms with van der Waals surface area (Å²) in [5, 5.41) is 2.78. The molecule has 0 spiro atoms. The number of nitroso groups, excluding NO2 is 1. The van der Waals surface area contributed by atoms with Gasteiger partial charge in [0.1, 0.15) is 25.0 Å². The molecule has 1 aromatic carbocycles. The average molecular weight is 164 g/mol. The minimum Gasteiger partial charge on any atom is -0.495 e. The van der Waals surface area contributed by atoms with Crippen LogP contribution in [-0.4, -0.2) is 15.0 Å². The summed E-state index contributed by atoms with van der Waals surface area (Å²) in [7, 11) is 3.34. The van der Waals surface area contributed by atoms with E-state index < -0.39 is 0 Å². The predicted octanol–water partition coefficient (Wildman–Crippen LogP) is -0.0663. The molecule has 0 saturated heterocycles. The zero-order valence-corrected chi connectivity index (χ0v) is 7.00. The van der Waals surface area contributed by atoms with E-state index in [1.54, 1.807) is 12.1 Å². The first-order valence-corrected chi connectivity index (χ1v) is 3.46. The lowest BCUT2D eigenvalue weighted by Gasteiger charge is -2.06. The Hall–Kier alpha value is -1.52. The molecular formula is C7H9BN2O2. The molecule has 0 unspecified atom stereocenters. The summed E-state index contributed by atoms with van der Waals surface area (Å²) >= 11 is 0. The fraction of sp³-hybridized carbons (Fsp3) is 0.143. The topological polar surface area (TPSA) is 64.7 Å². The smallest absolute Gasteiger partial charge is 0.143 e. The number of hydrogen-bond donors (Lipinski definition) is 1. The van der Waals surface area contributed by atoms with Crippen LogP contribution in [0.2, 0.25) is 0 Å². The van der Waals surface area contributed by atoms with E-state index in [1.807, 2.05) is 7.85 Å². The van der Waals surface area contributed by atoms with Crippen LogP contribution in [0, 0.1) is 4.91 Å². The van der Waals surface area contributed by atoms with E-state index in [2.05, 4.69) is 5.18 Å². The van der Waals surface area contributed by atoms with Gasteiger partial charge in [-0.2, -0.15) is 0 Å². The third kappa shape index (κ3) is 1.39. The summed E-state index contributed by atoms with van der Waals surface area (Å²) < 4.78 is 4.94. The van der Waals surface area contributed by atoms with Gasteiger partial charge in [0.2, 0.25) is 0 Å². The first-order chi connectivity index (χ1) is 5.69. The number of anilines is 1. The van der Waals surface area contributed by atoms with Crippen molar-refractivity contribution in [2.75, 3.05) is 12.8 Å². The maximum atomic E-state index is 10.3. The van der Waals surface area contributed by atoms with E-state index in [1.165, 1.54) is 7.11 Å².